The van der Waals surface area contributed by atoms with Gasteiger partial charge in [0, 0.05) is 22.9 Å². The molecule has 0 aliphatic rings. The number of ether oxygens (including phenoxy) is 1. The number of hydrogen-bond acceptors (Lipinski definition) is 2. The van der Waals surface area contributed by atoms with Gasteiger partial charge >= 0.3 is 5.97 Å². The molecule has 0 aliphatic carbocycles. The van der Waals surface area contributed by atoms with E-state index in [1.54, 1.807) is 0 Å². The largest absolute Gasteiger partial charge is 0.435 e. The van der Waals surface area contributed by atoms with Crippen LogP contribution in [-0.2, 0) is 26.0 Å². The number of hydrogen-bond donors (Lipinski definition) is 0. The molecule has 0 spiro atoms. The second kappa shape index (κ2) is 21.4. The molecular formula is C20H36NiO2. The van der Waals surface area contributed by atoms with Crippen molar-refractivity contribution in [3.63, 3.8) is 0 Å². The molecule has 0 amide bonds. The van der Waals surface area contributed by atoms with Gasteiger partial charge in [-0.2, -0.15) is 0 Å². The van der Waals surface area contributed by atoms with E-state index in [2.05, 4.69) is 30.4 Å². The van der Waals surface area contributed by atoms with Gasteiger partial charge in [0.1, 0.15) is 0 Å². The standard InChI is InChI=1S/C20H36O2.Ni/c1-3-5-6-7-8-9-10-11-12-13-14-15-16-17-18-19-20(21)22-4-2;/h4,11-12H,2-3,5-10,13-19H2,1H3;/b12-11-;. The summed E-state index contributed by atoms with van der Waals surface area (Å²) in [6.45, 7) is 5.64. The van der Waals surface area contributed by atoms with Crippen molar-refractivity contribution in [2.24, 2.45) is 0 Å². The third kappa shape index (κ3) is 21.4. The molecule has 23 heavy (non-hydrogen) atoms. The molecule has 0 unspecified atom stereocenters. The molecule has 0 aliphatic heterocycles. The van der Waals surface area contributed by atoms with Crippen LogP contribution in [0.1, 0.15) is 96.8 Å². The van der Waals surface area contributed by atoms with E-state index in [9.17, 15) is 4.79 Å². The monoisotopic (exact) mass is 366 g/mol. The quantitative estimate of drug-likeness (QED) is 0.0997. The zero-order valence-electron chi connectivity index (χ0n) is 15.0. The number of esters is 1. The smallest absolute Gasteiger partial charge is 0.310 e. The van der Waals surface area contributed by atoms with Gasteiger partial charge in [0.25, 0.3) is 0 Å². The number of unbranched alkanes of at least 4 members (excludes halogenated alkanes) is 11. The number of allylic oxidation sites excluding steroid dienone is 2. The molecule has 0 saturated heterocycles. The van der Waals surface area contributed by atoms with Crippen molar-refractivity contribution < 1.29 is 26.0 Å². The van der Waals surface area contributed by atoms with Crippen LogP contribution in [0.2, 0.25) is 0 Å². The van der Waals surface area contributed by atoms with Crippen molar-refractivity contribution in [2.75, 3.05) is 0 Å². The molecule has 0 fully saturated rings. The van der Waals surface area contributed by atoms with Gasteiger partial charge in [-0.1, -0.05) is 77.0 Å². The molecule has 0 heterocycles. The van der Waals surface area contributed by atoms with Crippen molar-refractivity contribution in [2.45, 2.75) is 96.8 Å². The molecular weight excluding hydrogens is 331 g/mol. The first kappa shape index (κ1) is 24.7. The molecule has 0 saturated carbocycles. The van der Waals surface area contributed by atoms with Gasteiger partial charge in [0.15, 0.2) is 0 Å². The predicted molar refractivity (Wildman–Crippen MR) is 95.7 cm³/mol. The zero-order valence-corrected chi connectivity index (χ0v) is 16.0. The summed E-state index contributed by atoms with van der Waals surface area (Å²) in [5.74, 6) is -0.160. The van der Waals surface area contributed by atoms with Crippen molar-refractivity contribution in [1.82, 2.24) is 0 Å². The van der Waals surface area contributed by atoms with Gasteiger partial charge in [-0.05, 0) is 32.1 Å². The predicted octanol–water partition coefficient (Wildman–Crippen LogP) is 6.71. The summed E-state index contributed by atoms with van der Waals surface area (Å²) in [7, 11) is 0. The Labute approximate surface area is 154 Å². The molecule has 0 N–H and O–H groups in total. The van der Waals surface area contributed by atoms with Crippen LogP contribution in [0.15, 0.2) is 25.0 Å². The van der Waals surface area contributed by atoms with E-state index in [0.29, 0.717) is 6.42 Å². The van der Waals surface area contributed by atoms with E-state index < -0.39 is 0 Å². The average Bonchev–Trinajstić information content (AvgIpc) is 2.51. The molecule has 0 aromatic heterocycles. The molecule has 138 valence electrons. The molecule has 3 heteroatoms. The normalized spacial score (nSPS) is 10.5. The van der Waals surface area contributed by atoms with E-state index in [0.717, 1.165) is 12.8 Å². The van der Waals surface area contributed by atoms with Gasteiger partial charge in [0.05, 0.1) is 6.26 Å². The van der Waals surface area contributed by atoms with Crippen LogP contribution in [0.3, 0.4) is 0 Å². The van der Waals surface area contributed by atoms with Gasteiger partial charge < -0.3 is 4.74 Å². The Morgan fingerprint density at radius 2 is 1.30 bits per heavy atom. The maximum absolute atomic E-state index is 11.1. The Morgan fingerprint density at radius 1 is 0.826 bits per heavy atom. The van der Waals surface area contributed by atoms with Gasteiger partial charge in [0.2, 0.25) is 0 Å². The van der Waals surface area contributed by atoms with Crippen LogP contribution in [0.4, 0.5) is 0 Å². The van der Waals surface area contributed by atoms with Crippen molar-refractivity contribution in [3.05, 3.63) is 25.0 Å². The van der Waals surface area contributed by atoms with E-state index in [4.69, 9.17) is 0 Å². The molecule has 0 bridgehead atoms. The Bertz CT molecular complexity index is 287. The number of rotatable bonds is 16. The van der Waals surface area contributed by atoms with Crippen LogP contribution in [-0.4, -0.2) is 5.97 Å². The molecule has 0 aromatic carbocycles. The Hall–Kier alpha value is -0.556. The van der Waals surface area contributed by atoms with Crippen LogP contribution < -0.4 is 0 Å². The minimum atomic E-state index is -0.160. The van der Waals surface area contributed by atoms with E-state index in [1.165, 1.54) is 76.9 Å². The summed E-state index contributed by atoms with van der Waals surface area (Å²) in [6, 6.07) is 0. The third-order valence-corrected chi connectivity index (χ3v) is 3.86. The zero-order chi connectivity index (χ0) is 16.3. The molecule has 0 aromatic rings. The summed E-state index contributed by atoms with van der Waals surface area (Å²) >= 11 is 0. The minimum Gasteiger partial charge on any atom is -0.435 e. The summed E-state index contributed by atoms with van der Waals surface area (Å²) in [5.41, 5.74) is 0. The summed E-state index contributed by atoms with van der Waals surface area (Å²) in [5, 5.41) is 0. The summed E-state index contributed by atoms with van der Waals surface area (Å²) < 4.78 is 4.68. The van der Waals surface area contributed by atoms with Crippen molar-refractivity contribution in [1.29, 1.82) is 0 Å². The molecule has 2 nitrogen and oxygen atoms in total. The van der Waals surface area contributed by atoms with E-state index in [-0.39, 0.29) is 22.5 Å². The van der Waals surface area contributed by atoms with E-state index >= 15 is 0 Å². The van der Waals surface area contributed by atoms with Crippen molar-refractivity contribution >= 4 is 5.97 Å². The fraction of sp³-hybridized carbons (Fsp3) is 0.750. The van der Waals surface area contributed by atoms with Gasteiger partial charge in [-0.3, -0.25) is 4.79 Å². The second-order valence-corrected chi connectivity index (χ2v) is 5.99. The van der Waals surface area contributed by atoms with Crippen molar-refractivity contribution in [3.8, 4) is 0 Å². The molecule has 0 atom stereocenters. The SMILES string of the molecule is C=COC(=O)CCCCCCC/C=C\CCCCCCCC.[Ni]. The Balaban J connectivity index is 0. The summed E-state index contributed by atoms with van der Waals surface area (Å²) in [6.07, 6.45) is 22.9. The fourth-order valence-electron chi connectivity index (χ4n) is 2.49. The maximum atomic E-state index is 11.1. The number of carbonyl (C=O) groups excluding carboxylic acids is 1. The first-order chi connectivity index (χ1) is 10.8. The van der Waals surface area contributed by atoms with Crippen LogP contribution in [0, 0.1) is 0 Å². The molecule has 0 rings (SSSR count). The number of carbonyl (C=O) groups is 1. The van der Waals surface area contributed by atoms with Crippen LogP contribution in [0.25, 0.3) is 0 Å². The minimum absolute atomic E-state index is 0. The van der Waals surface area contributed by atoms with Crippen LogP contribution in [0.5, 0.6) is 0 Å². The first-order valence-corrected chi connectivity index (χ1v) is 9.26. The van der Waals surface area contributed by atoms with Crippen LogP contribution >= 0.6 is 0 Å². The first-order valence-electron chi connectivity index (χ1n) is 9.26. The summed E-state index contributed by atoms with van der Waals surface area (Å²) in [4.78, 5) is 11.1. The fourth-order valence-corrected chi connectivity index (χ4v) is 2.49. The second-order valence-electron chi connectivity index (χ2n) is 5.99. The Morgan fingerprint density at radius 3 is 1.83 bits per heavy atom. The van der Waals surface area contributed by atoms with E-state index in [1.807, 2.05) is 0 Å². The molecule has 0 radical (unpaired) electrons. The van der Waals surface area contributed by atoms with Gasteiger partial charge in [-0.15, -0.1) is 0 Å². The van der Waals surface area contributed by atoms with Gasteiger partial charge in [-0.25, -0.2) is 0 Å². The maximum Gasteiger partial charge on any atom is 0.310 e. The average molecular weight is 367 g/mol. The Kier molecular flexibility index (Phi) is 23.0. The topological polar surface area (TPSA) is 26.3 Å². The third-order valence-electron chi connectivity index (χ3n) is 3.86.